The molecule has 3 heteroatoms. The van der Waals surface area contributed by atoms with Crippen molar-refractivity contribution in [1.82, 2.24) is 5.01 Å². The number of amides is 1. The summed E-state index contributed by atoms with van der Waals surface area (Å²) in [4.78, 5) is 11.2. The number of hydrogen-bond donors (Lipinski definition) is 0. The number of fused-ring (bicyclic) bond motifs is 1. The van der Waals surface area contributed by atoms with Gasteiger partial charge < -0.3 is 0 Å². The van der Waals surface area contributed by atoms with Crippen LogP contribution in [0.3, 0.4) is 0 Å². The Morgan fingerprint density at radius 3 is 3.00 bits per heavy atom. The second kappa shape index (κ2) is 3.78. The van der Waals surface area contributed by atoms with Crippen LogP contribution in [0.2, 0.25) is 0 Å². The van der Waals surface area contributed by atoms with Crippen LogP contribution in [0.15, 0.2) is 29.0 Å². The van der Waals surface area contributed by atoms with E-state index in [4.69, 9.17) is 0 Å². The quantitative estimate of drug-likeness (QED) is 0.576. The second-order valence-electron chi connectivity index (χ2n) is 3.65. The van der Waals surface area contributed by atoms with Crippen molar-refractivity contribution in [3.05, 3.63) is 23.9 Å². The molecule has 1 amide bonds. The Morgan fingerprint density at radius 1 is 1.43 bits per heavy atom. The van der Waals surface area contributed by atoms with Crippen molar-refractivity contribution in [2.45, 2.75) is 32.6 Å². The van der Waals surface area contributed by atoms with Crippen LogP contribution in [0, 0.1) is 0 Å². The van der Waals surface area contributed by atoms with Crippen LogP contribution < -0.4 is 0 Å². The van der Waals surface area contributed by atoms with Crippen LogP contribution >= 0.6 is 0 Å². The average molecular weight is 190 g/mol. The monoisotopic (exact) mass is 190 g/mol. The van der Waals surface area contributed by atoms with E-state index >= 15 is 0 Å². The summed E-state index contributed by atoms with van der Waals surface area (Å²) in [7, 11) is 0. The van der Waals surface area contributed by atoms with Gasteiger partial charge in [0.05, 0.1) is 5.71 Å². The average Bonchev–Trinajstić information content (AvgIpc) is 2.39. The number of rotatable bonds is 0. The Kier molecular flexibility index (Phi) is 2.48. The van der Waals surface area contributed by atoms with Gasteiger partial charge in [0, 0.05) is 13.1 Å². The second-order valence-corrected chi connectivity index (χ2v) is 3.65. The van der Waals surface area contributed by atoms with E-state index in [1.807, 2.05) is 6.08 Å². The molecule has 0 aromatic rings. The molecule has 1 fully saturated rings. The molecular formula is C11H14N2O. The maximum absolute atomic E-state index is 11.2. The van der Waals surface area contributed by atoms with Crippen molar-refractivity contribution in [2.75, 3.05) is 0 Å². The molecule has 1 aliphatic carbocycles. The van der Waals surface area contributed by atoms with E-state index in [9.17, 15) is 4.79 Å². The smallest absolute Gasteiger partial charge is 0.243 e. The molecule has 0 aromatic heterocycles. The zero-order chi connectivity index (χ0) is 9.97. The number of nitrogens with zero attached hydrogens (tertiary/aromatic N) is 2. The fourth-order valence-corrected chi connectivity index (χ4v) is 1.79. The molecule has 0 aromatic carbocycles. The van der Waals surface area contributed by atoms with E-state index in [1.54, 1.807) is 6.20 Å². The first-order valence-electron chi connectivity index (χ1n) is 5.02. The Morgan fingerprint density at radius 2 is 2.21 bits per heavy atom. The van der Waals surface area contributed by atoms with E-state index in [-0.39, 0.29) is 5.91 Å². The third-order valence-corrected chi connectivity index (χ3v) is 2.56. The van der Waals surface area contributed by atoms with Gasteiger partial charge in [0.15, 0.2) is 0 Å². The highest BCUT2D eigenvalue weighted by Gasteiger charge is 2.16. The van der Waals surface area contributed by atoms with Gasteiger partial charge in [-0.2, -0.15) is 5.10 Å². The lowest BCUT2D eigenvalue weighted by Crippen LogP contribution is -2.19. The maximum Gasteiger partial charge on any atom is 0.243 e. The molecule has 1 heterocycles. The van der Waals surface area contributed by atoms with E-state index in [0.29, 0.717) is 0 Å². The Labute approximate surface area is 83.8 Å². The van der Waals surface area contributed by atoms with Gasteiger partial charge in [-0.05, 0) is 37.3 Å². The van der Waals surface area contributed by atoms with Crippen molar-refractivity contribution < 1.29 is 4.79 Å². The summed E-state index contributed by atoms with van der Waals surface area (Å²) in [6, 6.07) is 0. The highest BCUT2D eigenvalue weighted by Crippen LogP contribution is 2.23. The fourth-order valence-electron chi connectivity index (χ4n) is 1.79. The minimum Gasteiger partial charge on any atom is -0.273 e. The van der Waals surface area contributed by atoms with Gasteiger partial charge in [-0.3, -0.25) is 4.79 Å². The van der Waals surface area contributed by atoms with Gasteiger partial charge in [-0.25, -0.2) is 5.01 Å². The summed E-state index contributed by atoms with van der Waals surface area (Å²) >= 11 is 0. The first-order chi connectivity index (χ1) is 6.77. The Hall–Kier alpha value is -1.38. The fraction of sp³-hybridized carbons (Fsp3) is 0.455. The molecular weight excluding hydrogens is 176 g/mol. The molecule has 0 unspecified atom stereocenters. The standard InChI is InChI=1S/C11H14N2O/c1-9(14)13-8-4-6-10-5-2-3-7-11(10)12-13/h4,6,8H,2-3,5,7H2,1H3. The zero-order valence-corrected chi connectivity index (χ0v) is 8.36. The largest absolute Gasteiger partial charge is 0.273 e. The SMILES string of the molecule is CC(=O)N1C=CC=C2CCCCC2=N1. The van der Waals surface area contributed by atoms with Crippen LogP contribution in [0.25, 0.3) is 0 Å². The number of hydrazone groups is 1. The lowest BCUT2D eigenvalue weighted by molar-refractivity contribution is -0.126. The Balaban J connectivity index is 2.28. The van der Waals surface area contributed by atoms with Crippen molar-refractivity contribution >= 4 is 11.6 Å². The lowest BCUT2D eigenvalue weighted by atomic mass is 9.93. The third kappa shape index (κ3) is 1.76. The third-order valence-electron chi connectivity index (χ3n) is 2.56. The van der Waals surface area contributed by atoms with Gasteiger partial charge in [-0.1, -0.05) is 6.08 Å². The number of hydrogen-bond acceptors (Lipinski definition) is 2. The molecule has 0 radical (unpaired) electrons. The first kappa shape index (κ1) is 9.19. The van der Waals surface area contributed by atoms with Gasteiger partial charge in [0.1, 0.15) is 0 Å². The van der Waals surface area contributed by atoms with Crippen LogP contribution in [-0.2, 0) is 4.79 Å². The van der Waals surface area contributed by atoms with E-state index in [2.05, 4.69) is 11.2 Å². The van der Waals surface area contributed by atoms with Crippen LogP contribution in [0.5, 0.6) is 0 Å². The molecule has 0 atom stereocenters. The summed E-state index contributed by atoms with van der Waals surface area (Å²) in [5.41, 5.74) is 2.37. The van der Waals surface area contributed by atoms with E-state index < -0.39 is 0 Å². The Bertz CT molecular complexity index is 339. The number of carbonyl (C=O) groups excluding carboxylic acids is 1. The molecule has 0 saturated heterocycles. The minimum absolute atomic E-state index is 0.0334. The molecule has 0 N–H and O–H groups in total. The van der Waals surface area contributed by atoms with Crippen molar-refractivity contribution in [3.63, 3.8) is 0 Å². The maximum atomic E-state index is 11.2. The van der Waals surface area contributed by atoms with Gasteiger partial charge in [0.25, 0.3) is 0 Å². The molecule has 1 saturated carbocycles. The highest BCUT2D eigenvalue weighted by molar-refractivity contribution is 6.01. The van der Waals surface area contributed by atoms with Crippen molar-refractivity contribution in [2.24, 2.45) is 5.10 Å². The minimum atomic E-state index is -0.0334. The molecule has 3 nitrogen and oxygen atoms in total. The highest BCUT2D eigenvalue weighted by atomic mass is 16.2. The predicted molar refractivity (Wildman–Crippen MR) is 55.6 cm³/mol. The number of allylic oxidation sites excluding steroid dienone is 3. The summed E-state index contributed by atoms with van der Waals surface area (Å²) in [5, 5.41) is 5.76. The molecule has 74 valence electrons. The summed E-state index contributed by atoms with van der Waals surface area (Å²) in [6.07, 6.45) is 10.2. The van der Waals surface area contributed by atoms with E-state index in [0.717, 1.165) is 18.6 Å². The van der Waals surface area contributed by atoms with Crippen LogP contribution in [0.4, 0.5) is 0 Å². The number of carbonyl (C=O) groups is 1. The summed E-state index contributed by atoms with van der Waals surface area (Å²) < 4.78 is 0. The zero-order valence-electron chi connectivity index (χ0n) is 8.36. The predicted octanol–water partition coefficient (Wildman–Crippen LogP) is 2.22. The molecule has 2 rings (SSSR count). The summed E-state index contributed by atoms with van der Waals surface area (Å²) in [5.74, 6) is -0.0334. The topological polar surface area (TPSA) is 32.7 Å². The molecule has 2 aliphatic rings. The molecule has 14 heavy (non-hydrogen) atoms. The molecule has 0 bridgehead atoms. The van der Waals surface area contributed by atoms with Gasteiger partial charge >= 0.3 is 0 Å². The van der Waals surface area contributed by atoms with Gasteiger partial charge in [-0.15, -0.1) is 0 Å². The van der Waals surface area contributed by atoms with Crippen LogP contribution in [0.1, 0.15) is 32.6 Å². The van der Waals surface area contributed by atoms with Crippen molar-refractivity contribution in [1.29, 1.82) is 0 Å². The van der Waals surface area contributed by atoms with Crippen LogP contribution in [-0.4, -0.2) is 16.6 Å². The van der Waals surface area contributed by atoms with E-state index in [1.165, 1.54) is 30.3 Å². The first-order valence-corrected chi connectivity index (χ1v) is 5.02. The lowest BCUT2D eigenvalue weighted by Gasteiger charge is -2.17. The van der Waals surface area contributed by atoms with Crippen molar-refractivity contribution in [3.8, 4) is 0 Å². The molecule has 0 spiro atoms. The summed E-state index contributed by atoms with van der Waals surface area (Å²) in [6.45, 7) is 1.53. The van der Waals surface area contributed by atoms with Gasteiger partial charge in [0.2, 0.25) is 5.91 Å². The molecule has 1 aliphatic heterocycles. The normalized spacial score (nSPS) is 20.8.